The summed E-state index contributed by atoms with van der Waals surface area (Å²) >= 11 is 0. The molecule has 0 unspecified atom stereocenters. The number of fused-ring (bicyclic) bond motifs is 1. The van der Waals surface area contributed by atoms with Crippen molar-refractivity contribution in [2.24, 2.45) is 5.92 Å². The van der Waals surface area contributed by atoms with Crippen LogP contribution in [0.15, 0.2) is 36.4 Å². The largest absolute Gasteiger partial charge is 0.453 e. The minimum absolute atomic E-state index is 0.0158. The lowest BCUT2D eigenvalue weighted by molar-refractivity contribution is -0.146. The number of nitrogens with zero attached hydrogens (tertiary/aromatic N) is 6. The van der Waals surface area contributed by atoms with Crippen LogP contribution in [0.1, 0.15) is 31.2 Å². The molecule has 0 atom stereocenters. The van der Waals surface area contributed by atoms with Gasteiger partial charge in [-0.3, -0.25) is 9.59 Å². The van der Waals surface area contributed by atoms with Gasteiger partial charge in [0.25, 0.3) is 5.82 Å². The number of rotatable bonds is 5. The van der Waals surface area contributed by atoms with Gasteiger partial charge in [0, 0.05) is 45.2 Å². The van der Waals surface area contributed by atoms with Gasteiger partial charge >= 0.3 is 6.18 Å². The standard InChI is InChI=1S/C22H24F3N7O2/c1-14(33)30(2)13-15-4-3-5-17(12-15)26-20(34)16-8-10-31(11-9-16)19-7-6-18-27-28-21(22(23,24)25)32(18)29-19/h3-7,12,16H,8-11,13H2,1-2H3,(H,26,34). The third-order valence-corrected chi connectivity index (χ3v) is 5.84. The molecule has 2 aromatic heterocycles. The topological polar surface area (TPSA) is 95.7 Å². The van der Waals surface area contributed by atoms with Crippen LogP contribution in [0.3, 0.4) is 0 Å². The third-order valence-electron chi connectivity index (χ3n) is 5.84. The molecule has 0 aliphatic carbocycles. The van der Waals surface area contributed by atoms with Gasteiger partial charge in [-0.25, -0.2) is 0 Å². The molecule has 1 aliphatic rings. The Labute approximate surface area is 193 Å². The summed E-state index contributed by atoms with van der Waals surface area (Å²) in [5, 5.41) is 13.7. The predicted molar refractivity (Wildman–Crippen MR) is 118 cm³/mol. The van der Waals surface area contributed by atoms with Crippen LogP contribution in [0.25, 0.3) is 5.65 Å². The first-order chi connectivity index (χ1) is 16.1. The Kier molecular flexibility index (Phi) is 6.40. The van der Waals surface area contributed by atoms with E-state index in [-0.39, 0.29) is 23.4 Å². The summed E-state index contributed by atoms with van der Waals surface area (Å²) in [4.78, 5) is 27.7. The molecule has 0 saturated carbocycles. The van der Waals surface area contributed by atoms with Crippen LogP contribution in [-0.2, 0) is 22.3 Å². The van der Waals surface area contributed by atoms with Gasteiger partial charge < -0.3 is 15.1 Å². The van der Waals surface area contributed by atoms with Gasteiger partial charge in [-0.2, -0.15) is 17.7 Å². The van der Waals surface area contributed by atoms with E-state index in [9.17, 15) is 22.8 Å². The second-order valence-corrected chi connectivity index (χ2v) is 8.31. The molecule has 0 radical (unpaired) electrons. The number of hydrogen-bond donors (Lipinski definition) is 1. The number of hydrogen-bond acceptors (Lipinski definition) is 6. The average molecular weight is 475 g/mol. The fourth-order valence-corrected chi connectivity index (χ4v) is 3.87. The molecule has 3 aromatic rings. The molecule has 9 nitrogen and oxygen atoms in total. The number of alkyl halides is 3. The highest BCUT2D eigenvalue weighted by Gasteiger charge is 2.38. The number of halogens is 3. The van der Waals surface area contributed by atoms with Crippen molar-refractivity contribution in [3.63, 3.8) is 0 Å². The minimum atomic E-state index is -4.66. The van der Waals surface area contributed by atoms with E-state index in [0.29, 0.717) is 48.5 Å². The summed E-state index contributed by atoms with van der Waals surface area (Å²) in [6, 6.07) is 10.4. The molecule has 1 fully saturated rings. The third kappa shape index (κ3) is 5.10. The molecular formula is C22H24F3N7O2. The Hall–Kier alpha value is -3.70. The first kappa shape index (κ1) is 23.5. The zero-order valence-corrected chi connectivity index (χ0v) is 18.7. The number of anilines is 2. The molecule has 1 N–H and O–H groups in total. The van der Waals surface area contributed by atoms with Crippen molar-refractivity contribution < 1.29 is 22.8 Å². The van der Waals surface area contributed by atoms with E-state index in [1.54, 1.807) is 24.1 Å². The van der Waals surface area contributed by atoms with Gasteiger partial charge in [0.15, 0.2) is 5.65 Å². The summed E-state index contributed by atoms with van der Waals surface area (Å²) < 4.78 is 40.1. The van der Waals surface area contributed by atoms with Gasteiger partial charge in [-0.05, 0) is 42.7 Å². The van der Waals surface area contributed by atoms with Crippen molar-refractivity contribution in [3.8, 4) is 0 Å². The highest BCUT2D eigenvalue weighted by atomic mass is 19.4. The van der Waals surface area contributed by atoms with Gasteiger partial charge in [-0.1, -0.05) is 12.1 Å². The molecule has 0 bridgehead atoms. The number of piperidine rings is 1. The summed E-state index contributed by atoms with van der Waals surface area (Å²) in [5.74, 6) is -1.19. The highest BCUT2D eigenvalue weighted by Crippen LogP contribution is 2.29. The van der Waals surface area contributed by atoms with Crippen LogP contribution in [0, 0.1) is 5.92 Å². The fraction of sp³-hybridized carbons (Fsp3) is 0.409. The molecule has 2 amide bonds. The molecule has 1 saturated heterocycles. The Morgan fingerprint density at radius 2 is 1.88 bits per heavy atom. The molecule has 0 spiro atoms. The number of nitrogens with one attached hydrogen (secondary N) is 1. The van der Waals surface area contributed by atoms with Crippen molar-refractivity contribution in [3.05, 3.63) is 47.8 Å². The summed E-state index contributed by atoms with van der Waals surface area (Å²) in [7, 11) is 1.71. The van der Waals surface area contributed by atoms with Gasteiger partial charge in [0.05, 0.1) is 0 Å². The van der Waals surface area contributed by atoms with Crippen molar-refractivity contribution in [2.75, 3.05) is 30.4 Å². The fourth-order valence-electron chi connectivity index (χ4n) is 3.87. The van der Waals surface area contributed by atoms with Gasteiger partial charge in [-0.15, -0.1) is 15.3 Å². The molecule has 12 heteroatoms. The zero-order valence-electron chi connectivity index (χ0n) is 18.7. The molecule has 4 rings (SSSR count). The lowest BCUT2D eigenvalue weighted by Crippen LogP contribution is -2.38. The van der Waals surface area contributed by atoms with Gasteiger partial charge in [0.2, 0.25) is 11.8 Å². The smallest absolute Gasteiger partial charge is 0.355 e. The lowest BCUT2D eigenvalue weighted by Gasteiger charge is -2.32. The van der Waals surface area contributed by atoms with Gasteiger partial charge in [0.1, 0.15) is 5.82 Å². The van der Waals surface area contributed by atoms with Crippen molar-refractivity contribution >= 4 is 29.0 Å². The van der Waals surface area contributed by atoms with Crippen molar-refractivity contribution in [2.45, 2.75) is 32.5 Å². The van der Waals surface area contributed by atoms with Crippen LogP contribution in [0.2, 0.25) is 0 Å². The molecule has 34 heavy (non-hydrogen) atoms. The van der Waals surface area contributed by atoms with E-state index in [1.165, 1.54) is 13.0 Å². The second-order valence-electron chi connectivity index (χ2n) is 8.31. The number of carbonyl (C=O) groups excluding carboxylic acids is 2. The maximum Gasteiger partial charge on any atom is 0.453 e. The molecule has 1 aromatic carbocycles. The lowest BCUT2D eigenvalue weighted by atomic mass is 9.95. The van der Waals surface area contributed by atoms with E-state index >= 15 is 0 Å². The average Bonchev–Trinajstić information content (AvgIpc) is 3.23. The number of benzene rings is 1. The van der Waals surface area contributed by atoms with E-state index in [1.807, 2.05) is 23.1 Å². The van der Waals surface area contributed by atoms with Crippen LogP contribution in [-0.4, -0.2) is 56.7 Å². The first-order valence-corrected chi connectivity index (χ1v) is 10.8. The highest BCUT2D eigenvalue weighted by molar-refractivity contribution is 5.92. The van der Waals surface area contributed by atoms with E-state index < -0.39 is 12.0 Å². The quantitative estimate of drug-likeness (QED) is 0.610. The first-order valence-electron chi connectivity index (χ1n) is 10.8. The predicted octanol–water partition coefficient (Wildman–Crippen LogP) is 2.98. The molecule has 3 heterocycles. The van der Waals surface area contributed by atoms with Crippen molar-refractivity contribution in [1.82, 2.24) is 24.7 Å². The number of amides is 2. The zero-order chi connectivity index (χ0) is 24.5. The minimum Gasteiger partial charge on any atom is -0.355 e. The van der Waals surface area contributed by atoms with E-state index in [0.717, 1.165) is 5.56 Å². The normalized spacial score (nSPS) is 14.9. The number of aromatic nitrogens is 4. The monoisotopic (exact) mass is 475 g/mol. The van der Waals surface area contributed by atoms with Crippen LogP contribution in [0.4, 0.5) is 24.7 Å². The van der Waals surface area contributed by atoms with Crippen molar-refractivity contribution in [1.29, 1.82) is 0 Å². The molecular weight excluding hydrogens is 451 g/mol. The molecule has 180 valence electrons. The SMILES string of the molecule is CC(=O)N(C)Cc1cccc(NC(=O)C2CCN(c3ccc4nnc(C(F)(F)F)n4n3)CC2)c1. The summed E-state index contributed by atoms with van der Waals surface area (Å²) in [5.41, 5.74) is 1.57. The van der Waals surface area contributed by atoms with E-state index in [4.69, 9.17) is 0 Å². The van der Waals surface area contributed by atoms with Crippen LogP contribution in [0.5, 0.6) is 0 Å². The summed E-state index contributed by atoms with van der Waals surface area (Å²) in [6.45, 7) is 2.89. The van der Waals surface area contributed by atoms with Crippen LogP contribution < -0.4 is 10.2 Å². The molecule has 1 aliphatic heterocycles. The Bertz CT molecular complexity index is 1200. The maximum atomic E-state index is 13.1. The van der Waals surface area contributed by atoms with Crippen LogP contribution >= 0.6 is 0 Å². The Morgan fingerprint density at radius 3 is 2.56 bits per heavy atom. The number of carbonyl (C=O) groups is 2. The maximum absolute atomic E-state index is 13.1. The summed E-state index contributed by atoms with van der Waals surface area (Å²) in [6.07, 6.45) is -3.59. The van der Waals surface area contributed by atoms with E-state index in [2.05, 4.69) is 20.6 Å². The Morgan fingerprint density at radius 1 is 1.15 bits per heavy atom. The second kappa shape index (κ2) is 9.27. The Balaban J connectivity index is 1.38.